The van der Waals surface area contributed by atoms with E-state index in [2.05, 4.69) is 5.32 Å². The average Bonchev–Trinajstić information content (AvgIpc) is 2.81. The third kappa shape index (κ3) is 7.85. The zero-order chi connectivity index (χ0) is 26.3. The van der Waals surface area contributed by atoms with Gasteiger partial charge in [-0.05, 0) is 75.1 Å². The number of carbonyl (C=O) groups is 2. The van der Waals surface area contributed by atoms with Crippen molar-refractivity contribution in [2.75, 3.05) is 6.61 Å². The topological polar surface area (TPSA) is 58.6 Å². The van der Waals surface area contributed by atoms with Gasteiger partial charge in [0.1, 0.15) is 11.8 Å². The van der Waals surface area contributed by atoms with Gasteiger partial charge < -0.3 is 15.0 Å². The Labute approximate surface area is 219 Å². The Bertz CT molecular complexity index is 1190. The lowest BCUT2D eigenvalue weighted by atomic mass is 10.0. The number of benzene rings is 3. The van der Waals surface area contributed by atoms with Crippen molar-refractivity contribution in [3.63, 3.8) is 0 Å². The molecule has 2 amide bonds. The van der Waals surface area contributed by atoms with Crippen LogP contribution in [0.25, 0.3) is 0 Å². The zero-order valence-electron chi connectivity index (χ0n) is 21.7. The van der Waals surface area contributed by atoms with Crippen LogP contribution in [-0.2, 0) is 22.6 Å². The molecule has 0 saturated heterocycles. The second kappa shape index (κ2) is 12.1. The largest absolute Gasteiger partial charge is 0.483 e. The molecule has 0 bridgehead atoms. The number of amides is 2. The lowest BCUT2D eigenvalue weighted by Crippen LogP contribution is -2.55. The van der Waals surface area contributed by atoms with E-state index < -0.39 is 11.6 Å². The van der Waals surface area contributed by atoms with E-state index in [-0.39, 0.29) is 25.0 Å². The SMILES string of the molecule is Cc1cccc(OCC(=O)N(Cc2cccc(Cl)c2)C(Cc2ccccc2)C(=O)NC(C)(C)C)c1C. The highest BCUT2D eigenvalue weighted by atomic mass is 35.5. The van der Waals surface area contributed by atoms with Crippen LogP contribution in [0.2, 0.25) is 5.02 Å². The van der Waals surface area contributed by atoms with Crippen LogP contribution < -0.4 is 10.1 Å². The van der Waals surface area contributed by atoms with Gasteiger partial charge in [-0.1, -0.05) is 66.2 Å². The van der Waals surface area contributed by atoms with E-state index in [1.807, 2.05) is 101 Å². The summed E-state index contributed by atoms with van der Waals surface area (Å²) in [5.74, 6) is 0.166. The van der Waals surface area contributed by atoms with Crippen LogP contribution in [0.5, 0.6) is 5.75 Å². The summed E-state index contributed by atoms with van der Waals surface area (Å²) >= 11 is 6.23. The summed E-state index contributed by atoms with van der Waals surface area (Å²) in [7, 11) is 0. The van der Waals surface area contributed by atoms with E-state index >= 15 is 0 Å². The first kappa shape index (κ1) is 27.3. The number of nitrogens with one attached hydrogen (secondary N) is 1. The number of ether oxygens (including phenoxy) is 1. The second-order valence-corrected chi connectivity index (χ2v) is 10.5. The first-order valence-electron chi connectivity index (χ1n) is 12.1. The predicted octanol–water partition coefficient (Wildman–Crippen LogP) is 5.89. The molecule has 0 fully saturated rings. The fourth-order valence-corrected chi connectivity index (χ4v) is 4.15. The fraction of sp³-hybridized carbons (Fsp3) is 0.333. The number of nitrogens with zero attached hydrogens (tertiary/aromatic N) is 1. The summed E-state index contributed by atoms with van der Waals surface area (Å²) in [6, 6.07) is 22.1. The minimum Gasteiger partial charge on any atom is -0.483 e. The number of rotatable bonds is 9. The Balaban J connectivity index is 1.95. The summed E-state index contributed by atoms with van der Waals surface area (Å²) < 4.78 is 5.95. The van der Waals surface area contributed by atoms with E-state index in [1.165, 1.54) is 0 Å². The first-order valence-corrected chi connectivity index (χ1v) is 12.5. The molecule has 0 heterocycles. The van der Waals surface area contributed by atoms with Crippen LogP contribution in [0, 0.1) is 13.8 Å². The van der Waals surface area contributed by atoms with Gasteiger partial charge in [-0.3, -0.25) is 9.59 Å². The maximum atomic E-state index is 13.7. The van der Waals surface area contributed by atoms with Crippen LogP contribution in [0.1, 0.15) is 43.0 Å². The summed E-state index contributed by atoms with van der Waals surface area (Å²) in [6.07, 6.45) is 0.374. The Morgan fingerprint density at radius 1 is 0.944 bits per heavy atom. The van der Waals surface area contributed by atoms with Gasteiger partial charge >= 0.3 is 0 Å². The van der Waals surface area contributed by atoms with Crippen molar-refractivity contribution >= 4 is 23.4 Å². The first-order chi connectivity index (χ1) is 17.0. The molecule has 0 aliphatic heterocycles. The van der Waals surface area contributed by atoms with E-state index in [1.54, 1.807) is 11.0 Å². The number of hydrogen-bond donors (Lipinski definition) is 1. The molecule has 6 heteroatoms. The second-order valence-electron chi connectivity index (χ2n) is 10.1. The van der Waals surface area contributed by atoms with Crippen molar-refractivity contribution in [3.8, 4) is 5.75 Å². The molecule has 5 nitrogen and oxygen atoms in total. The van der Waals surface area contributed by atoms with Crippen LogP contribution in [0.4, 0.5) is 0 Å². The molecule has 0 saturated carbocycles. The van der Waals surface area contributed by atoms with Gasteiger partial charge in [0.05, 0.1) is 0 Å². The molecule has 0 spiro atoms. The molecule has 0 aromatic heterocycles. The molecular formula is C30H35ClN2O3. The summed E-state index contributed by atoms with van der Waals surface area (Å²) in [4.78, 5) is 28.9. The van der Waals surface area contributed by atoms with Crippen molar-refractivity contribution in [3.05, 3.63) is 100 Å². The predicted molar refractivity (Wildman–Crippen MR) is 145 cm³/mol. The number of hydrogen-bond acceptors (Lipinski definition) is 3. The highest BCUT2D eigenvalue weighted by molar-refractivity contribution is 6.30. The third-order valence-electron chi connectivity index (χ3n) is 5.92. The monoisotopic (exact) mass is 506 g/mol. The molecule has 0 aliphatic carbocycles. The highest BCUT2D eigenvalue weighted by Crippen LogP contribution is 2.22. The number of aryl methyl sites for hydroxylation is 1. The van der Waals surface area contributed by atoms with E-state index in [4.69, 9.17) is 16.3 Å². The normalized spacial score (nSPS) is 12.1. The fourth-order valence-electron chi connectivity index (χ4n) is 3.94. The van der Waals surface area contributed by atoms with Crippen molar-refractivity contribution in [2.45, 2.75) is 59.2 Å². The molecular weight excluding hydrogens is 472 g/mol. The maximum absolute atomic E-state index is 13.7. The van der Waals surface area contributed by atoms with Gasteiger partial charge in [0.2, 0.25) is 5.91 Å². The van der Waals surface area contributed by atoms with Crippen LogP contribution >= 0.6 is 11.6 Å². The third-order valence-corrected chi connectivity index (χ3v) is 6.15. The van der Waals surface area contributed by atoms with E-state index in [0.29, 0.717) is 17.2 Å². The molecule has 190 valence electrons. The molecule has 0 aliphatic rings. The van der Waals surface area contributed by atoms with Gasteiger partial charge in [0.15, 0.2) is 6.61 Å². The van der Waals surface area contributed by atoms with Gasteiger partial charge in [-0.25, -0.2) is 0 Å². The lowest BCUT2D eigenvalue weighted by Gasteiger charge is -2.34. The quantitative estimate of drug-likeness (QED) is 0.393. The van der Waals surface area contributed by atoms with Crippen LogP contribution in [0.3, 0.4) is 0 Å². The Kier molecular flexibility index (Phi) is 9.16. The Hall–Kier alpha value is -3.31. The molecule has 1 atom stereocenters. The van der Waals surface area contributed by atoms with Gasteiger partial charge in [0.25, 0.3) is 5.91 Å². The zero-order valence-corrected chi connectivity index (χ0v) is 22.4. The van der Waals surface area contributed by atoms with Crippen LogP contribution in [-0.4, -0.2) is 34.9 Å². The minimum absolute atomic E-state index is 0.182. The lowest BCUT2D eigenvalue weighted by molar-refractivity contribution is -0.143. The Morgan fingerprint density at radius 2 is 1.61 bits per heavy atom. The van der Waals surface area contributed by atoms with Crippen molar-refractivity contribution < 1.29 is 14.3 Å². The molecule has 1 N–H and O–H groups in total. The smallest absolute Gasteiger partial charge is 0.261 e. The molecule has 0 radical (unpaired) electrons. The van der Waals surface area contributed by atoms with Crippen molar-refractivity contribution in [1.82, 2.24) is 10.2 Å². The van der Waals surface area contributed by atoms with Gasteiger partial charge in [0, 0.05) is 23.5 Å². The number of halogens is 1. The molecule has 36 heavy (non-hydrogen) atoms. The Morgan fingerprint density at radius 3 is 2.28 bits per heavy atom. The average molecular weight is 507 g/mol. The number of carbonyl (C=O) groups excluding carboxylic acids is 2. The highest BCUT2D eigenvalue weighted by Gasteiger charge is 2.32. The van der Waals surface area contributed by atoms with Gasteiger partial charge in [-0.15, -0.1) is 0 Å². The minimum atomic E-state index is -0.736. The van der Waals surface area contributed by atoms with Crippen molar-refractivity contribution in [1.29, 1.82) is 0 Å². The van der Waals surface area contributed by atoms with E-state index in [0.717, 1.165) is 22.3 Å². The van der Waals surface area contributed by atoms with Gasteiger partial charge in [-0.2, -0.15) is 0 Å². The van der Waals surface area contributed by atoms with Crippen LogP contribution in [0.15, 0.2) is 72.8 Å². The maximum Gasteiger partial charge on any atom is 0.261 e. The summed E-state index contributed by atoms with van der Waals surface area (Å²) in [6.45, 7) is 9.80. The van der Waals surface area contributed by atoms with E-state index in [9.17, 15) is 9.59 Å². The molecule has 3 aromatic rings. The summed E-state index contributed by atoms with van der Waals surface area (Å²) in [5, 5.41) is 3.64. The standard InChI is InChI=1S/C30H35ClN2O3/c1-21-11-9-16-27(22(21)2)36-20-28(34)33(19-24-14-10-15-25(31)17-24)26(29(35)32-30(3,4)5)18-23-12-7-6-8-13-23/h6-17,26H,18-20H2,1-5H3,(H,32,35). The molecule has 1 unspecified atom stereocenters. The molecule has 3 rings (SSSR count). The van der Waals surface area contributed by atoms with Crippen molar-refractivity contribution in [2.24, 2.45) is 0 Å². The molecule has 3 aromatic carbocycles. The summed E-state index contributed by atoms with van der Waals surface area (Å²) in [5.41, 5.74) is 3.42.